The molecule has 0 saturated carbocycles. The van der Waals surface area contributed by atoms with Crippen LogP contribution in [-0.4, -0.2) is 44.2 Å². The molecule has 0 radical (unpaired) electrons. The van der Waals surface area contributed by atoms with Crippen molar-refractivity contribution in [1.29, 1.82) is 0 Å². The Labute approximate surface area is 63.8 Å². The first-order valence-electron chi connectivity index (χ1n) is 4.25. The van der Waals surface area contributed by atoms with Gasteiger partial charge in [-0.25, -0.2) is 0 Å². The summed E-state index contributed by atoms with van der Waals surface area (Å²) < 4.78 is 0. The van der Waals surface area contributed by atoms with Gasteiger partial charge in [-0.15, -0.1) is 0 Å². The quantitative estimate of drug-likeness (QED) is 0.506. The molecule has 0 bridgehead atoms. The highest BCUT2D eigenvalue weighted by molar-refractivity contribution is 4.63. The molecule has 1 aliphatic rings. The number of rotatable bonds is 1. The van der Waals surface area contributed by atoms with E-state index < -0.39 is 0 Å². The van der Waals surface area contributed by atoms with Crippen LogP contribution in [0.15, 0.2) is 0 Å². The SMILES string of the molecule is CC(C)N1CC[NH+](C)CC1. The maximum Gasteiger partial charge on any atom is 0.0898 e. The summed E-state index contributed by atoms with van der Waals surface area (Å²) in [7, 11) is 2.28. The highest BCUT2D eigenvalue weighted by atomic mass is 15.3. The van der Waals surface area contributed by atoms with Crippen molar-refractivity contribution in [3.8, 4) is 0 Å². The van der Waals surface area contributed by atoms with Crippen molar-refractivity contribution in [1.82, 2.24) is 4.90 Å². The van der Waals surface area contributed by atoms with Crippen molar-refractivity contribution in [3.63, 3.8) is 0 Å². The largest absolute Gasteiger partial charge is 0.335 e. The number of quaternary nitrogens is 1. The Balaban J connectivity index is 2.26. The van der Waals surface area contributed by atoms with E-state index in [9.17, 15) is 0 Å². The van der Waals surface area contributed by atoms with Gasteiger partial charge in [-0.3, -0.25) is 4.90 Å². The van der Waals surface area contributed by atoms with Gasteiger partial charge in [-0.2, -0.15) is 0 Å². The molecule has 1 heterocycles. The van der Waals surface area contributed by atoms with E-state index in [0.717, 1.165) is 6.04 Å². The molecule has 0 aromatic rings. The van der Waals surface area contributed by atoms with Crippen LogP contribution in [-0.2, 0) is 0 Å². The van der Waals surface area contributed by atoms with Gasteiger partial charge in [0, 0.05) is 19.1 Å². The molecule has 0 aromatic heterocycles. The first kappa shape index (κ1) is 8.02. The summed E-state index contributed by atoms with van der Waals surface area (Å²) in [4.78, 5) is 4.23. The fourth-order valence-electron chi connectivity index (χ4n) is 1.42. The van der Waals surface area contributed by atoms with Gasteiger partial charge in [-0.05, 0) is 13.8 Å². The molecule has 10 heavy (non-hydrogen) atoms. The first-order chi connectivity index (χ1) is 4.70. The van der Waals surface area contributed by atoms with Gasteiger partial charge >= 0.3 is 0 Å². The lowest BCUT2D eigenvalue weighted by atomic mass is 10.2. The standard InChI is InChI=1S/C8H18N2/c1-8(2)10-6-4-9(3)5-7-10/h8H,4-7H2,1-3H3/p+1. The van der Waals surface area contributed by atoms with Gasteiger partial charge < -0.3 is 4.90 Å². The van der Waals surface area contributed by atoms with Crippen molar-refractivity contribution in [3.05, 3.63) is 0 Å². The minimum Gasteiger partial charge on any atom is -0.335 e. The molecule has 2 heteroatoms. The van der Waals surface area contributed by atoms with Crippen LogP contribution in [0.5, 0.6) is 0 Å². The molecule has 0 spiro atoms. The van der Waals surface area contributed by atoms with E-state index in [0.29, 0.717) is 0 Å². The van der Waals surface area contributed by atoms with Crippen LogP contribution in [0.25, 0.3) is 0 Å². The number of nitrogens with zero attached hydrogens (tertiary/aromatic N) is 1. The Kier molecular flexibility index (Phi) is 2.69. The molecule has 0 atom stereocenters. The lowest BCUT2D eigenvalue weighted by molar-refractivity contribution is -0.884. The molecule has 1 fully saturated rings. The zero-order chi connectivity index (χ0) is 7.56. The summed E-state index contributed by atoms with van der Waals surface area (Å²) >= 11 is 0. The van der Waals surface area contributed by atoms with E-state index in [1.807, 2.05) is 0 Å². The topological polar surface area (TPSA) is 7.68 Å². The van der Waals surface area contributed by atoms with Crippen LogP contribution in [0.1, 0.15) is 13.8 Å². The molecular weight excluding hydrogens is 124 g/mol. The number of piperazine rings is 1. The van der Waals surface area contributed by atoms with Gasteiger partial charge in [0.2, 0.25) is 0 Å². The summed E-state index contributed by atoms with van der Waals surface area (Å²) in [6.45, 7) is 9.75. The number of likely N-dealkylation sites (N-methyl/N-ethyl adjacent to an activating group) is 1. The van der Waals surface area contributed by atoms with Crippen LogP contribution in [0, 0.1) is 0 Å². The van der Waals surface area contributed by atoms with Gasteiger partial charge in [-0.1, -0.05) is 0 Å². The molecule has 1 rings (SSSR count). The Hall–Kier alpha value is -0.0800. The third kappa shape index (κ3) is 1.96. The third-order valence-corrected chi connectivity index (χ3v) is 2.38. The second-order valence-corrected chi connectivity index (χ2v) is 3.59. The van der Waals surface area contributed by atoms with Crippen LogP contribution in [0.3, 0.4) is 0 Å². The Morgan fingerprint density at radius 1 is 1.20 bits per heavy atom. The van der Waals surface area contributed by atoms with Crippen molar-refractivity contribution in [2.24, 2.45) is 0 Å². The van der Waals surface area contributed by atoms with E-state index in [-0.39, 0.29) is 0 Å². The highest BCUT2D eigenvalue weighted by Crippen LogP contribution is 1.96. The highest BCUT2D eigenvalue weighted by Gasteiger charge is 2.17. The van der Waals surface area contributed by atoms with Gasteiger partial charge in [0.05, 0.1) is 20.1 Å². The molecule has 1 N–H and O–H groups in total. The molecule has 2 nitrogen and oxygen atoms in total. The maximum atomic E-state index is 2.55. The average Bonchev–Trinajstić information content (AvgIpc) is 1.88. The summed E-state index contributed by atoms with van der Waals surface area (Å²) in [5.74, 6) is 0. The molecule has 1 aliphatic heterocycles. The van der Waals surface area contributed by atoms with Crippen LogP contribution < -0.4 is 4.90 Å². The van der Waals surface area contributed by atoms with Gasteiger partial charge in [0.1, 0.15) is 0 Å². The second-order valence-electron chi connectivity index (χ2n) is 3.59. The minimum absolute atomic E-state index is 0.744. The monoisotopic (exact) mass is 143 g/mol. The second kappa shape index (κ2) is 3.35. The van der Waals surface area contributed by atoms with Crippen molar-refractivity contribution >= 4 is 0 Å². The Morgan fingerprint density at radius 2 is 1.70 bits per heavy atom. The molecule has 60 valence electrons. The van der Waals surface area contributed by atoms with Crippen molar-refractivity contribution in [2.45, 2.75) is 19.9 Å². The number of hydrogen-bond acceptors (Lipinski definition) is 1. The van der Waals surface area contributed by atoms with E-state index in [4.69, 9.17) is 0 Å². The van der Waals surface area contributed by atoms with E-state index in [1.165, 1.54) is 26.2 Å². The van der Waals surface area contributed by atoms with Crippen molar-refractivity contribution < 1.29 is 4.90 Å². The molecule has 0 aromatic carbocycles. The number of nitrogens with one attached hydrogen (secondary N) is 1. The van der Waals surface area contributed by atoms with Crippen molar-refractivity contribution in [2.75, 3.05) is 33.2 Å². The zero-order valence-corrected chi connectivity index (χ0v) is 7.35. The van der Waals surface area contributed by atoms with Crippen LogP contribution in [0.2, 0.25) is 0 Å². The third-order valence-electron chi connectivity index (χ3n) is 2.38. The summed E-state index contributed by atoms with van der Waals surface area (Å²) in [6, 6.07) is 0.744. The smallest absolute Gasteiger partial charge is 0.0898 e. The fraction of sp³-hybridized carbons (Fsp3) is 1.00. The minimum atomic E-state index is 0.744. The first-order valence-corrected chi connectivity index (χ1v) is 4.25. The lowest BCUT2D eigenvalue weighted by Gasteiger charge is -2.32. The lowest BCUT2D eigenvalue weighted by Crippen LogP contribution is -3.12. The summed E-state index contributed by atoms with van der Waals surface area (Å²) in [5, 5.41) is 0. The number of hydrogen-bond donors (Lipinski definition) is 1. The van der Waals surface area contributed by atoms with Crippen LogP contribution >= 0.6 is 0 Å². The van der Waals surface area contributed by atoms with E-state index in [1.54, 1.807) is 4.90 Å². The Bertz CT molecular complexity index is 93.4. The zero-order valence-electron chi connectivity index (χ0n) is 7.35. The van der Waals surface area contributed by atoms with Crippen LogP contribution in [0.4, 0.5) is 0 Å². The molecule has 0 amide bonds. The van der Waals surface area contributed by atoms with E-state index >= 15 is 0 Å². The predicted octanol–water partition coefficient (Wildman–Crippen LogP) is -0.775. The van der Waals surface area contributed by atoms with Gasteiger partial charge in [0.25, 0.3) is 0 Å². The molecule has 0 aliphatic carbocycles. The summed E-state index contributed by atoms with van der Waals surface area (Å²) in [6.07, 6.45) is 0. The maximum absolute atomic E-state index is 2.55. The van der Waals surface area contributed by atoms with Gasteiger partial charge in [0.15, 0.2) is 0 Å². The molecule has 1 saturated heterocycles. The fourth-order valence-corrected chi connectivity index (χ4v) is 1.42. The Morgan fingerprint density at radius 3 is 2.10 bits per heavy atom. The molecule has 0 unspecified atom stereocenters. The molecular formula is C8H19N2+. The summed E-state index contributed by atoms with van der Waals surface area (Å²) in [5.41, 5.74) is 0. The normalized spacial score (nSPS) is 24.0. The average molecular weight is 143 g/mol. The van der Waals surface area contributed by atoms with E-state index in [2.05, 4.69) is 25.8 Å². The predicted molar refractivity (Wildman–Crippen MR) is 43.3 cm³/mol.